The van der Waals surface area contributed by atoms with Crippen molar-refractivity contribution in [2.75, 3.05) is 10.6 Å². The maximum Gasteiger partial charge on any atom is 0.261 e. The number of anilines is 2. The second-order valence-corrected chi connectivity index (χ2v) is 8.87. The first-order valence-electron chi connectivity index (χ1n) is 9.78. The van der Waals surface area contributed by atoms with Gasteiger partial charge in [-0.1, -0.05) is 35.4 Å². The van der Waals surface area contributed by atoms with E-state index in [1.807, 2.05) is 83.1 Å². The molecule has 1 heterocycles. The first-order chi connectivity index (χ1) is 14.2. The van der Waals surface area contributed by atoms with Crippen molar-refractivity contribution in [3.8, 4) is 0 Å². The molecule has 0 saturated heterocycles. The molecule has 5 heteroatoms. The van der Waals surface area contributed by atoms with Gasteiger partial charge in [0, 0.05) is 21.1 Å². The Morgan fingerprint density at radius 2 is 1.23 bits per heavy atom. The number of hydrogen-bond acceptors (Lipinski definition) is 3. The molecule has 154 valence electrons. The Morgan fingerprint density at radius 1 is 0.733 bits per heavy atom. The van der Waals surface area contributed by atoms with Crippen LogP contribution in [0, 0.1) is 34.6 Å². The largest absolute Gasteiger partial charge is 0.322 e. The molecule has 3 aromatic rings. The molecule has 4 nitrogen and oxygen atoms in total. The van der Waals surface area contributed by atoms with Crippen LogP contribution in [0.5, 0.6) is 0 Å². The normalized spacial score (nSPS) is 10.4. The van der Waals surface area contributed by atoms with Gasteiger partial charge >= 0.3 is 0 Å². The van der Waals surface area contributed by atoms with Crippen LogP contribution in [0.1, 0.15) is 32.0 Å². The second-order valence-electron chi connectivity index (χ2n) is 7.55. The Kier molecular flexibility index (Phi) is 6.53. The van der Waals surface area contributed by atoms with E-state index in [0.29, 0.717) is 11.4 Å². The van der Waals surface area contributed by atoms with Crippen LogP contribution in [-0.2, 0) is 9.59 Å². The van der Waals surface area contributed by atoms with Crippen LogP contribution in [0.15, 0.2) is 54.1 Å². The highest BCUT2D eigenvalue weighted by Crippen LogP contribution is 2.23. The molecule has 1 aromatic heterocycles. The number of hydrogen-bond donors (Lipinski definition) is 2. The topological polar surface area (TPSA) is 58.2 Å². The highest BCUT2D eigenvalue weighted by atomic mass is 32.1. The van der Waals surface area contributed by atoms with Gasteiger partial charge in [-0.05, 0) is 76.1 Å². The second kappa shape index (κ2) is 9.09. The fourth-order valence-corrected chi connectivity index (χ4v) is 4.02. The minimum absolute atomic E-state index is 0.0665. The first-order valence-corrected chi connectivity index (χ1v) is 10.6. The average Bonchev–Trinajstić information content (AvgIpc) is 3.09. The van der Waals surface area contributed by atoms with E-state index in [1.54, 1.807) is 6.08 Å². The summed E-state index contributed by atoms with van der Waals surface area (Å²) in [5.74, 6) is -0.870. The van der Waals surface area contributed by atoms with Crippen molar-refractivity contribution in [3.05, 3.63) is 86.1 Å². The van der Waals surface area contributed by atoms with E-state index in [4.69, 9.17) is 0 Å². The van der Waals surface area contributed by atoms with Gasteiger partial charge in [0.25, 0.3) is 11.8 Å². The lowest BCUT2D eigenvalue weighted by molar-refractivity contribution is -0.118. The van der Waals surface area contributed by atoms with Gasteiger partial charge in [-0.2, -0.15) is 0 Å². The fourth-order valence-electron chi connectivity index (χ4n) is 3.19. The molecule has 0 fully saturated rings. The molecule has 0 atom stereocenters. The summed E-state index contributed by atoms with van der Waals surface area (Å²) in [6.07, 6.45) is 1.65. The minimum Gasteiger partial charge on any atom is -0.322 e. The average molecular weight is 419 g/mol. The number of nitrogens with one attached hydrogen (secondary N) is 2. The molecule has 0 bridgehead atoms. The van der Waals surface area contributed by atoms with Crippen molar-refractivity contribution in [3.63, 3.8) is 0 Å². The van der Waals surface area contributed by atoms with E-state index < -0.39 is 11.8 Å². The lowest BCUT2D eigenvalue weighted by Gasteiger charge is -2.13. The molecule has 0 aliphatic rings. The van der Waals surface area contributed by atoms with Gasteiger partial charge in [0.2, 0.25) is 0 Å². The summed E-state index contributed by atoms with van der Waals surface area (Å²) < 4.78 is 0. The number of aryl methyl sites for hydroxylation is 5. The molecular formula is C25H26N2O2S. The zero-order chi connectivity index (χ0) is 21.8. The Labute approximate surface area is 181 Å². The van der Waals surface area contributed by atoms with E-state index in [0.717, 1.165) is 32.0 Å². The number of carbonyl (C=O) groups excluding carboxylic acids is 2. The van der Waals surface area contributed by atoms with E-state index >= 15 is 0 Å². The molecule has 0 saturated carbocycles. The smallest absolute Gasteiger partial charge is 0.261 e. The summed E-state index contributed by atoms with van der Waals surface area (Å²) in [5.41, 5.74) is 5.58. The molecular weight excluding hydrogens is 392 g/mol. The van der Waals surface area contributed by atoms with Crippen LogP contribution in [0.4, 0.5) is 11.4 Å². The predicted octanol–water partition coefficient (Wildman–Crippen LogP) is 5.95. The van der Waals surface area contributed by atoms with Gasteiger partial charge in [-0.15, -0.1) is 11.3 Å². The molecule has 2 amide bonds. The molecule has 0 aliphatic heterocycles. The molecule has 3 rings (SSSR count). The summed E-state index contributed by atoms with van der Waals surface area (Å²) in [4.78, 5) is 28.2. The number of benzene rings is 2. The fraction of sp³-hybridized carbons (Fsp3) is 0.200. The quantitative estimate of drug-likeness (QED) is 0.305. The number of amides is 2. The highest BCUT2D eigenvalue weighted by molar-refractivity contribution is 7.12. The summed E-state index contributed by atoms with van der Waals surface area (Å²) in [7, 11) is 0. The maximum atomic E-state index is 13.1. The van der Waals surface area contributed by atoms with Gasteiger partial charge in [0.1, 0.15) is 5.57 Å². The summed E-state index contributed by atoms with van der Waals surface area (Å²) in [6, 6.07) is 15.5. The summed E-state index contributed by atoms with van der Waals surface area (Å²) in [6.45, 7) is 9.86. The van der Waals surface area contributed by atoms with Crippen molar-refractivity contribution >= 4 is 40.6 Å². The van der Waals surface area contributed by atoms with Crippen LogP contribution in [0.3, 0.4) is 0 Å². The predicted molar refractivity (Wildman–Crippen MR) is 126 cm³/mol. The third kappa shape index (κ3) is 5.24. The van der Waals surface area contributed by atoms with Crippen LogP contribution < -0.4 is 10.6 Å². The molecule has 2 N–H and O–H groups in total. The van der Waals surface area contributed by atoms with Crippen LogP contribution in [-0.4, -0.2) is 11.8 Å². The van der Waals surface area contributed by atoms with Gasteiger partial charge < -0.3 is 10.6 Å². The highest BCUT2D eigenvalue weighted by Gasteiger charge is 2.20. The number of carbonyl (C=O) groups is 2. The Hall–Kier alpha value is -3.18. The Balaban J connectivity index is 1.92. The van der Waals surface area contributed by atoms with Crippen LogP contribution in [0.2, 0.25) is 0 Å². The molecule has 0 radical (unpaired) electrons. The van der Waals surface area contributed by atoms with Crippen LogP contribution in [0.25, 0.3) is 6.08 Å². The minimum atomic E-state index is -0.435. The standard InChI is InChI=1S/C25H26N2O2S/c1-15-6-10-22(17(3)12-15)26-24(28)21(14-20-9-8-19(5)30-20)25(29)27-23-11-7-16(2)13-18(23)4/h6-14H,1-5H3,(H,26,28)(H,27,29). The number of rotatable bonds is 5. The molecule has 0 unspecified atom stereocenters. The summed E-state index contributed by atoms with van der Waals surface area (Å²) >= 11 is 1.54. The number of thiophene rings is 1. The third-order valence-electron chi connectivity index (χ3n) is 4.80. The maximum absolute atomic E-state index is 13.1. The van der Waals surface area contributed by atoms with E-state index in [-0.39, 0.29) is 5.57 Å². The molecule has 0 aliphatic carbocycles. The van der Waals surface area contributed by atoms with Crippen molar-refractivity contribution in [1.29, 1.82) is 0 Å². The lowest BCUT2D eigenvalue weighted by atomic mass is 10.1. The van der Waals surface area contributed by atoms with Crippen molar-refractivity contribution < 1.29 is 9.59 Å². The monoisotopic (exact) mass is 418 g/mol. The van der Waals surface area contributed by atoms with Crippen molar-refractivity contribution in [1.82, 2.24) is 0 Å². The van der Waals surface area contributed by atoms with E-state index in [9.17, 15) is 9.59 Å². The molecule has 2 aromatic carbocycles. The Bertz CT molecular complexity index is 1070. The zero-order valence-corrected chi connectivity index (χ0v) is 18.7. The lowest BCUT2D eigenvalue weighted by Crippen LogP contribution is -2.25. The van der Waals surface area contributed by atoms with Gasteiger partial charge in [-0.3, -0.25) is 9.59 Å². The summed E-state index contributed by atoms with van der Waals surface area (Å²) in [5, 5.41) is 5.78. The van der Waals surface area contributed by atoms with E-state index in [2.05, 4.69) is 10.6 Å². The Morgan fingerprint density at radius 3 is 1.63 bits per heavy atom. The van der Waals surface area contributed by atoms with Crippen molar-refractivity contribution in [2.45, 2.75) is 34.6 Å². The molecule has 30 heavy (non-hydrogen) atoms. The van der Waals surface area contributed by atoms with Crippen LogP contribution >= 0.6 is 11.3 Å². The first kappa shape index (κ1) is 21.5. The van der Waals surface area contributed by atoms with E-state index in [1.165, 1.54) is 11.3 Å². The zero-order valence-electron chi connectivity index (χ0n) is 17.9. The molecule has 0 spiro atoms. The van der Waals surface area contributed by atoms with Gasteiger partial charge in [0.05, 0.1) is 0 Å². The van der Waals surface area contributed by atoms with Crippen molar-refractivity contribution in [2.24, 2.45) is 0 Å². The third-order valence-corrected chi connectivity index (χ3v) is 5.74. The SMILES string of the molecule is Cc1ccc(NC(=O)C(=Cc2ccc(C)s2)C(=O)Nc2ccc(C)cc2C)c(C)c1. The van der Waals surface area contributed by atoms with Gasteiger partial charge in [-0.25, -0.2) is 0 Å². The van der Waals surface area contributed by atoms with Gasteiger partial charge in [0.15, 0.2) is 0 Å².